The van der Waals surface area contributed by atoms with Gasteiger partial charge in [0.15, 0.2) is 0 Å². The number of carbonyl (C=O) groups excluding carboxylic acids is 1. The van der Waals surface area contributed by atoms with Crippen LogP contribution in [-0.4, -0.2) is 33.4 Å². The number of imidazole rings is 1. The van der Waals surface area contributed by atoms with Crippen LogP contribution in [0.15, 0.2) is 12.4 Å². The van der Waals surface area contributed by atoms with Gasteiger partial charge in [0.2, 0.25) is 5.91 Å². The topological polar surface area (TPSA) is 64.2 Å². The molecule has 1 aliphatic rings. The lowest BCUT2D eigenvalue weighted by Gasteiger charge is -2.38. The minimum Gasteiger partial charge on any atom is -0.369 e. The fraction of sp³-hybridized carbons (Fsp3) is 0.667. The van der Waals surface area contributed by atoms with Crippen LogP contribution in [0.1, 0.15) is 25.6 Å². The van der Waals surface area contributed by atoms with Crippen molar-refractivity contribution in [2.24, 2.45) is 18.2 Å². The number of carbonyl (C=O) groups is 1. The molecule has 1 fully saturated rings. The molecular weight excluding hydrogens is 216 g/mol. The van der Waals surface area contributed by atoms with Crippen LogP contribution in [-0.2, 0) is 18.4 Å². The van der Waals surface area contributed by atoms with Crippen LogP contribution >= 0.6 is 0 Å². The predicted octanol–water partition coefficient (Wildman–Crippen LogP) is 0.508. The van der Waals surface area contributed by atoms with E-state index in [9.17, 15) is 4.79 Å². The zero-order valence-corrected chi connectivity index (χ0v) is 10.5. The number of amides is 1. The molecule has 5 heteroatoms. The van der Waals surface area contributed by atoms with Crippen molar-refractivity contribution in [1.29, 1.82) is 0 Å². The minimum atomic E-state index is -0.386. The Kier molecular flexibility index (Phi) is 3.19. The van der Waals surface area contributed by atoms with Crippen LogP contribution in [0.3, 0.4) is 0 Å². The normalized spacial score (nSPS) is 26.0. The summed E-state index contributed by atoms with van der Waals surface area (Å²) in [4.78, 5) is 18.0. The van der Waals surface area contributed by atoms with Crippen molar-refractivity contribution < 1.29 is 4.79 Å². The van der Waals surface area contributed by atoms with Crippen molar-refractivity contribution in [2.75, 3.05) is 13.1 Å². The van der Waals surface area contributed by atoms with E-state index in [1.165, 1.54) is 0 Å². The minimum absolute atomic E-state index is 0.193. The van der Waals surface area contributed by atoms with Gasteiger partial charge >= 0.3 is 0 Å². The van der Waals surface area contributed by atoms with Crippen LogP contribution in [0.25, 0.3) is 0 Å². The third kappa shape index (κ3) is 2.49. The Labute approximate surface area is 102 Å². The molecule has 0 spiro atoms. The summed E-state index contributed by atoms with van der Waals surface area (Å²) in [6, 6.07) is 0. The molecule has 1 aromatic heterocycles. The van der Waals surface area contributed by atoms with E-state index < -0.39 is 0 Å². The van der Waals surface area contributed by atoms with E-state index in [0.29, 0.717) is 0 Å². The van der Waals surface area contributed by atoms with Crippen LogP contribution in [0, 0.1) is 5.41 Å². The van der Waals surface area contributed by atoms with Crippen molar-refractivity contribution in [2.45, 2.75) is 26.3 Å². The van der Waals surface area contributed by atoms with Crippen molar-refractivity contribution >= 4 is 5.91 Å². The summed E-state index contributed by atoms with van der Waals surface area (Å²) in [6.45, 7) is 4.48. The molecule has 1 saturated heterocycles. The van der Waals surface area contributed by atoms with Crippen molar-refractivity contribution in [3.8, 4) is 0 Å². The standard InChI is InChI=1S/C12H20N4O/c1-12(11(13)17)4-3-6-16(9-12)8-10-14-5-7-15(10)2/h5,7H,3-4,6,8-9H2,1-2H3,(H2,13,17)/t12-/m1/s1. The summed E-state index contributed by atoms with van der Waals surface area (Å²) in [5.74, 6) is 0.834. The van der Waals surface area contributed by atoms with Gasteiger partial charge < -0.3 is 10.3 Å². The van der Waals surface area contributed by atoms with E-state index in [1.807, 2.05) is 24.7 Å². The fourth-order valence-electron chi connectivity index (χ4n) is 2.43. The molecule has 0 aliphatic carbocycles. The lowest BCUT2D eigenvalue weighted by Crippen LogP contribution is -2.48. The maximum atomic E-state index is 11.5. The van der Waals surface area contributed by atoms with Gasteiger partial charge in [-0.25, -0.2) is 4.98 Å². The lowest BCUT2D eigenvalue weighted by molar-refractivity contribution is -0.130. The molecule has 0 bridgehead atoms. The molecule has 5 nitrogen and oxygen atoms in total. The number of hydrogen-bond donors (Lipinski definition) is 1. The SMILES string of the molecule is Cn1ccnc1CN1CCC[C@@](C)(C(N)=O)C1. The Bertz CT molecular complexity index is 414. The second-order valence-electron chi connectivity index (χ2n) is 5.19. The van der Waals surface area contributed by atoms with Crippen LogP contribution < -0.4 is 5.73 Å². The molecule has 0 saturated carbocycles. The average molecular weight is 236 g/mol. The maximum absolute atomic E-state index is 11.5. The summed E-state index contributed by atoms with van der Waals surface area (Å²) in [5, 5.41) is 0. The Hall–Kier alpha value is -1.36. The third-order valence-electron chi connectivity index (χ3n) is 3.66. The lowest BCUT2D eigenvalue weighted by atomic mass is 9.81. The monoisotopic (exact) mass is 236 g/mol. The highest BCUT2D eigenvalue weighted by Gasteiger charge is 2.36. The molecule has 94 valence electrons. The van der Waals surface area contributed by atoms with E-state index in [1.54, 1.807) is 6.20 Å². The number of likely N-dealkylation sites (tertiary alicyclic amines) is 1. The number of aromatic nitrogens is 2. The Morgan fingerprint density at radius 1 is 1.65 bits per heavy atom. The Morgan fingerprint density at radius 2 is 2.41 bits per heavy atom. The molecule has 0 radical (unpaired) electrons. The van der Waals surface area contributed by atoms with Crippen molar-refractivity contribution in [1.82, 2.24) is 14.5 Å². The Balaban J connectivity index is 2.03. The smallest absolute Gasteiger partial charge is 0.224 e. The van der Waals surface area contributed by atoms with E-state index >= 15 is 0 Å². The summed E-state index contributed by atoms with van der Waals surface area (Å²) < 4.78 is 2.01. The first kappa shape index (κ1) is 12.1. The first-order valence-corrected chi connectivity index (χ1v) is 6.00. The van der Waals surface area contributed by atoms with E-state index in [4.69, 9.17) is 5.73 Å². The van der Waals surface area contributed by atoms with Gasteiger partial charge in [-0.2, -0.15) is 0 Å². The molecule has 0 aromatic carbocycles. The largest absolute Gasteiger partial charge is 0.369 e. The highest BCUT2D eigenvalue weighted by molar-refractivity contribution is 5.80. The first-order chi connectivity index (χ1) is 8.01. The van der Waals surface area contributed by atoms with Gasteiger partial charge in [0.1, 0.15) is 5.82 Å². The van der Waals surface area contributed by atoms with E-state index in [-0.39, 0.29) is 11.3 Å². The zero-order valence-electron chi connectivity index (χ0n) is 10.5. The van der Waals surface area contributed by atoms with Gasteiger partial charge in [-0.05, 0) is 26.3 Å². The highest BCUT2D eigenvalue weighted by Crippen LogP contribution is 2.29. The summed E-state index contributed by atoms with van der Waals surface area (Å²) in [6.07, 6.45) is 5.64. The number of aryl methyl sites for hydroxylation is 1. The second kappa shape index (κ2) is 4.49. The average Bonchev–Trinajstić information content (AvgIpc) is 2.64. The molecule has 2 N–H and O–H groups in total. The van der Waals surface area contributed by atoms with Gasteiger partial charge in [0.25, 0.3) is 0 Å². The second-order valence-corrected chi connectivity index (χ2v) is 5.19. The van der Waals surface area contributed by atoms with E-state index in [2.05, 4.69) is 9.88 Å². The number of rotatable bonds is 3. The number of nitrogens with zero attached hydrogens (tertiary/aromatic N) is 3. The summed E-state index contributed by atoms with van der Waals surface area (Å²) >= 11 is 0. The van der Waals surface area contributed by atoms with Gasteiger partial charge in [-0.15, -0.1) is 0 Å². The fourth-order valence-corrected chi connectivity index (χ4v) is 2.43. The predicted molar refractivity (Wildman–Crippen MR) is 65.0 cm³/mol. The number of primary amides is 1. The van der Waals surface area contributed by atoms with Gasteiger partial charge in [-0.3, -0.25) is 9.69 Å². The third-order valence-corrected chi connectivity index (χ3v) is 3.66. The molecule has 1 amide bonds. The van der Waals surface area contributed by atoms with Crippen molar-refractivity contribution in [3.63, 3.8) is 0 Å². The molecule has 1 atom stereocenters. The van der Waals surface area contributed by atoms with Gasteiger partial charge in [0.05, 0.1) is 12.0 Å². The van der Waals surface area contributed by atoms with Crippen LogP contribution in [0.5, 0.6) is 0 Å². The van der Waals surface area contributed by atoms with Gasteiger partial charge in [-0.1, -0.05) is 0 Å². The van der Waals surface area contributed by atoms with Crippen LogP contribution in [0.2, 0.25) is 0 Å². The zero-order chi connectivity index (χ0) is 12.5. The summed E-state index contributed by atoms with van der Waals surface area (Å²) in [5.41, 5.74) is 5.10. The highest BCUT2D eigenvalue weighted by atomic mass is 16.1. The molecular formula is C12H20N4O. The molecule has 2 rings (SSSR count). The summed E-state index contributed by atoms with van der Waals surface area (Å²) in [7, 11) is 1.99. The molecule has 1 aromatic rings. The molecule has 1 aliphatic heterocycles. The quantitative estimate of drug-likeness (QED) is 0.831. The number of piperidine rings is 1. The van der Waals surface area contributed by atoms with Crippen LogP contribution in [0.4, 0.5) is 0 Å². The molecule has 0 unspecified atom stereocenters. The first-order valence-electron chi connectivity index (χ1n) is 6.00. The number of nitrogens with two attached hydrogens (primary N) is 1. The van der Waals surface area contributed by atoms with E-state index in [0.717, 1.165) is 38.3 Å². The van der Waals surface area contributed by atoms with Gasteiger partial charge in [0, 0.05) is 26.0 Å². The molecule has 2 heterocycles. The molecule has 17 heavy (non-hydrogen) atoms. The van der Waals surface area contributed by atoms with Crippen molar-refractivity contribution in [3.05, 3.63) is 18.2 Å². The number of hydrogen-bond acceptors (Lipinski definition) is 3. The Morgan fingerprint density at radius 3 is 3.00 bits per heavy atom. The maximum Gasteiger partial charge on any atom is 0.224 e.